The average molecular weight is 312 g/mol. The Bertz CT molecular complexity index is 226. The number of fused-ring (bicyclic) bond motifs is 1. The van der Waals surface area contributed by atoms with E-state index in [1.54, 1.807) is 0 Å². The minimum absolute atomic E-state index is 0.288. The fourth-order valence-corrected chi connectivity index (χ4v) is 3.09. The van der Waals surface area contributed by atoms with E-state index in [4.69, 9.17) is 4.74 Å². The average Bonchev–Trinajstić information content (AvgIpc) is 2.51. The van der Waals surface area contributed by atoms with Crippen LogP contribution in [0.2, 0.25) is 0 Å². The summed E-state index contributed by atoms with van der Waals surface area (Å²) in [7, 11) is 0. The van der Waals surface area contributed by atoms with E-state index in [2.05, 4.69) is 37.9 Å². The summed E-state index contributed by atoms with van der Waals surface area (Å²) in [6.45, 7) is 0. The molecule has 0 aromatic carbocycles. The molecule has 74 valence electrons. The summed E-state index contributed by atoms with van der Waals surface area (Å²) in [6.07, 6.45) is 4.97. The minimum atomic E-state index is -0.527. The van der Waals surface area contributed by atoms with Crippen LogP contribution in [0, 0.1) is 11.8 Å². The van der Waals surface area contributed by atoms with Crippen LogP contribution in [0.5, 0.6) is 0 Å². The van der Waals surface area contributed by atoms with Crippen molar-refractivity contribution in [1.82, 2.24) is 0 Å². The molecule has 2 fully saturated rings. The van der Waals surface area contributed by atoms with E-state index in [1.807, 2.05) is 0 Å². The molecule has 0 amide bonds. The van der Waals surface area contributed by atoms with Crippen LogP contribution in [-0.2, 0) is 4.74 Å². The largest absolute Gasteiger partial charge is 0.368 e. The highest BCUT2D eigenvalue weighted by Crippen LogP contribution is 2.44. The van der Waals surface area contributed by atoms with Gasteiger partial charge in [-0.05, 0) is 56.5 Å². The lowest BCUT2D eigenvalue weighted by atomic mass is 9.93. The summed E-state index contributed by atoms with van der Waals surface area (Å²) in [5.74, 6) is 1.07. The number of hydrogen-bond donors (Lipinski definition) is 1. The first-order valence-corrected chi connectivity index (χ1v) is 6.12. The Labute approximate surface area is 94.6 Å². The summed E-state index contributed by atoms with van der Waals surface area (Å²) >= 11 is 6.74. The van der Waals surface area contributed by atoms with Gasteiger partial charge in [-0.15, -0.1) is 0 Å². The standard InChI is InChI=1S/C9H12Br2O2/c10-8(11)3-5-1-2-7-6(5)4-9(12)13-7/h3,5-7,9,12H,1-2,4H2. The third kappa shape index (κ3) is 2.17. The molecule has 1 aliphatic carbocycles. The lowest BCUT2D eigenvalue weighted by molar-refractivity contribution is -0.0906. The quantitative estimate of drug-likeness (QED) is 0.807. The number of aliphatic hydroxyl groups excluding tert-OH is 1. The first-order chi connectivity index (χ1) is 6.16. The minimum Gasteiger partial charge on any atom is -0.368 e. The predicted octanol–water partition coefficient (Wildman–Crippen LogP) is 2.75. The molecule has 1 saturated heterocycles. The Hall–Kier alpha value is 0.620. The molecule has 0 bridgehead atoms. The van der Waals surface area contributed by atoms with Crippen molar-refractivity contribution >= 4 is 31.9 Å². The van der Waals surface area contributed by atoms with E-state index in [0.29, 0.717) is 11.8 Å². The van der Waals surface area contributed by atoms with Crippen LogP contribution in [0.4, 0.5) is 0 Å². The molecule has 0 aromatic heterocycles. The van der Waals surface area contributed by atoms with Crippen LogP contribution >= 0.6 is 31.9 Å². The summed E-state index contributed by atoms with van der Waals surface area (Å²) in [5, 5.41) is 9.32. The summed E-state index contributed by atoms with van der Waals surface area (Å²) in [5.41, 5.74) is 0. The van der Waals surface area contributed by atoms with Crippen LogP contribution in [0.1, 0.15) is 19.3 Å². The lowest BCUT2D eigenvalue weighted by Crippen LogP contribution is -2.12. The second-order valence-electron chi connectivity index (χ2n) is 3.73. The fraction of sp³-hybridized carbons (Fsp3) is 0.778. The first kappa shape index (κ1) is 10.1. The monoisotopic (exact) mass is 310 g/mol. The van der Waals surface area contributed by atoms with E-state index in [-0.39, 0.29) is 6.10 Å². The maximum Gasteiger partial charge on any atom is 0.155 e. The lowest BCUT2D eigenvalue weighted by Gasteiger charge is -2.12. The SMILES string of the molecule is OC1CC2C(C=C(Br)Br)CCC2O1. The molecule has 1 N–H and O–H groups in total. The number of rotatable bonds is 1. The summed E-state index contributed by atoms with van der Waals surface area (Å²) in [4.78, 5) is 0. The molecule has 2 aliphatic rings. The number of allylic oxidation sites excluding steroid dienone is 1. The zero-order valence-electron chi connectivity index (χ0n) is 7.12. The number of aliphatic hydroxyl groups is 1. The van der Waals surface area contributed by atoms with Gasteiger partial charge in [0.1, 0.15) is 0 Å². The van der Waals surface area contributed by atoms with E-state index in [9.17, 15) is 5.11 Å². The Balaban J connectivity index is 2.04. The van der Waals surface area contributed by atoms with E-state index < -0.39 is 6.29 Å². The maximum atomic E-state index is 9.32. The van der Waals surface area contributed by atoms with Crippen molar-refractivity contribution < 1.29 is 9.84 Å². The van der Waals surface area contributed by atoms with Crippen molar-refractivity contribution in [1.29, 1.82) is 0 Å². The molecule has 1 aliphatic heterocycles. The van der Waals surface area contributed by atoms with Crippen molar-refractivity contribution in [2.75, 3.05) is 0 Å². The van der Waals surface area contributed by atoms with Crippen molar-refractivity contribution in [2.45, 2.75) is 31.7 Å². The van der Waals surface area contributed by atoms with Crippen molar-refractivity contribution in [3.05, 3.63) is 9.47 Å². The molecular weight excluding hydrogens is 300 g/mol. The smallest absolute Gasteiger partial charge is 0.155 e. The molecular formula is C9H12Br2O2. The predicted molar refractivity (Wildman–Crippen MR) is 57.6 cm³/mol. The molecule has 2 nitrogen and oxygen atoms in total. The van der Waals surface area contributed by atoms with Gasteiger partial charge < -0.3 is 9.84 Å². The highest BCUT2D eigenvalue weighted by Gasteiger charge is 2.42. The van der Waals surface area contributed by atoms with Gasteiger partial charge in [-0.1, -0.05) is 6.08 Å². The van der Waals surface area contributed by atoms with Crippen molar-refractivity contribution in [3.63, 3.8) is 0 Å². The van der Waals surface area contributed by atoms with Crippen molar-refractivity contribution in [3.8, 4) is 0 Å². The molecule has 4 unspecified atom stereocenters. The van der Waals surface area contributed by atoms with Crippen LogP contribution in [0.15, 0.2) is 9.47 Å². The Kier molecular flexibility index (Phi) is 3.13. The third-order valence-corrected chi connectivity index (χ3v) is 3.49. The molecule has 4 heteroatoms. The molecule has 0 aromatic rings. The van der Waals surface area contributed by atoms with Crippen LogP contribution in [0.25, 0.3) is 0 Å². The maximum absolute atomic E-state index is 9.32. The van der Waals surface area contributed by atoms with Gasteiger partial charge in [0, 0.05) is 6.42 Å². The molecule has 0 radical (unpaired) electrons. The van der Waals surface area contributed by atoms with Gasteiger partial charge in [0.25, 0.3) is 0 Å². The highest BCUT2D eigenvalue weighted by atomic mass is 79.9. The van der Waals surface area contributed by atoms with E-state index >= 15 is 0 Å². The zero-order chi connectivity index (χ0) is 9.42. The second kappa shape index (κ2) is 4.01. The van der Waals surface area contributed by atoms with Gasteiger partial charge in [-0.2, -0.15) is 0 Å². The zero-order valence-corrected chi connectivity index (χ0v) is 10.3. The van der Waals surface area contributed by atoms with Gasteiger partial charge in [0.15, 0.2) is 6.29 Å². The first-order valence-electron chi connectivity index (χ1n) is 4.53. The van der Waals surface area contributed by atoms with Gasteiger partial charge in [0.05, 0.1) is 9.50 Å². The number of ether oxygens (including phenoxy) is 1. The molecule has 4 atom stereocenters. The summed E-state index contributed by atoms with van der Waals surface area (Å²) < 4.78 is 6.40. The highest BCUT2D eigenvalue weighted by molar-refractivity contribution is 9.28. The van der Waals surface area contributed by atoms with Crippen molar-refractivity contribution in [2.24, 2.45) is 11.8 Å². The summed E-state index contributed by atoms with van der Waals surface area (Å²) in [6, 6.07) is 0. The van der Waals surface area contributed by atoms with Gasteiger partial charge >= 0.3 is 0 Å². The Morgan fingerprint density at radius 2 is 2.15 bits per heavy atom. The Morgan fingerprint density at radius 3 is 2.85 bits per heavy atom. The van der Waals surface area contributed by atoms with Gasteiger partial charge in [-0.3, -0.25) is 0 Å². The molecule has 13 heavy (non-hydrogen) atoms. The molecule has 0 spiro atoms. The van der Waals surface area contributed by atoms with Crippen LogP contribution in [0.3, 0.4) is 0 Å². The molecule has 1 saturated carbocycles. The third-order valence-electron chi connectivity index (χ3n) is 2.96. The normalized spacial score (nSPS) is 43.3. The van der Waals surface area contributed by atoms with Crippen LogP contribution in [-0.4, -0.2) is 17.5 Å². The topological polar surface area (TPSA) is 29.5 Å². The van der Waals surface area contributed by atoms with Gasteiger partial charge in [-0.25, -0.2) is 0 Å². The van der Waals surface area contributed by atoms with E-state index in [1.165, 1.54) is 6.42 Å². The fourth-order valence-electron chi connectivity index (χ4n) is 2.42. The number of hydrogen-bond acceptors (Lipinski definition) is 2. The second-order valence-corrected chi connectivity index (χ2v) is 6.50. The number of halogens is 2. The molecule has 2 rings (SSSR count). The Morgan fingerprint density at radius 1 is 1.38 bits per heavy atom. The molecule has 1 heterocycles. The van der Waals surface area contributed by atoms with Crippen LogP contribution < -0.4 is 0 Å². The van der Waals surface area contributed by atoms with Gasteiger partial charge in [0.2, 0.25) is 0 Å². The van der Waals surface area contributed by atoms with E-state index in [0.717, 1.165) is 16.2 Å².